The highest BCUT2D eigenvalue weighted by Crippen LogP contribution is 2.23. The minimum atomic E-state index is -0.969. The lowest BCUT2D eigenvalue weighted by atomic mass is 10.0. The number of carbonyl (C=O) groups is 3. The van der Waals surface area contributed by atoms with E-state index in [2.05, 4.69) is 10.5 Å². The Bertz CT molecular complexity index is 821. The summed E-state index contributed by atoms with van der Waals surface area (Å²) >= 11 is 0. The molecule has 0 bridgehead atoms. The quantitative estimate of drug-likeness (QED) is 0.627. The van der Waals surface area contributed by atoms with E-state index in [9.17, 15) is 14.4 Å². The smallest absolute Gasteiger partial charge is 0.344 e. The van der Waals surface area contributed by atoms with Crippen LogP contribution in [0.15, 0.2) is 28.8 Å². The van der Waals surface area contributed by atoms with Crippen molar-refractivity contribution in [2.24, 2.45) is 0 Å². The molecule has 1 amide bonds. The van der Waals surface area contributed by atoms with Crippen molar-refractivity contribution >= 4 is 23.3 Å². The third-order valence-corrected chi connectivity index (χ3v) is 3.76. The number of carbonyl (C=O) groups excluding carboxylic acids is 3. The van der Waals surface area contributed by atoms with Crippen LogP contribution >= 0.6 is 0 Å². The van der Waals surface area contributed by atoms with Gasteiger partial charge in [0.2, 0.25) is 11.7 Å². The molecule has 0 fully saturated rings. The van der Waals surface area contributed by atoms with Gasteiger partial charge in [0.15, 0.2) is 11.9 Å². The highest BCUT2D eigenvalue weighted by Gasteiger charge is 2.27. The fourth-order valence-corrected chi connectivity index (χ4v) is 2.46. The standard InChI is InChI=1S/C19H22N2O5/c1-10(2)18-16(11(3)21-26-18)19(24)25-12(4)17(23)14-6-8-15(9-7-14)20-13(5)22/h6-10,12H,1-5H3,(H,20,22)/t12-/m0/s1. The third-order valence-electron chi connectivity index (χ3n) is 3.76. The molecule has 2 aromatic rings. The summed E-state index contributed by atoms with van der Waals surface area (Å²) in [6, 6.07) is 6.37. The maximum atomic E-state index is 12.5. The van der Waals surface area contributed by atoms with Crippen LogP contribution in [0.1, 0.15) is 65.8 Å². The number of anilines is 1. The van der Waals surface area contributed by atoms with Crippen LogP contribution in [0.3, 0.4) is 0 Å². The lowest BCUT2D eigenvalue weighted by Gasteiger charge is -2.13. The van der Waals surface area contributed by atoms with Gasteiger partial charge in [0.25, 0.3) is 0 Å². The van der Waals surface area contributed by atoms with Gasteiger partial charge in [-0.3, -0.25) is 9.59 Å². The minimum absolute atomic E-state index is 0.0360. The monoisotopic (exact) mass is 358 g/mol. The zero-order valence-corrected chi connectivity index (χ0v) is 15.5. The second kappa shape index (κ2) is 7.95. The summed E-state index contributed by atoms with van der Waals surface area (Å²) in [5.74, 6) is -0.773. The first-order valence-electron chi connectivity index (χ1n) is 8.29. The zero-order chi connectivity index (χ0) is 19.4. The molecule has 0 aliphatic rings. The summed E-state index contributed by atoms with van der Waals surface area (Å²) < 4.78 is 10.5. The number of Topliss-reactive ketones (excluding diaryl/α,β-unsaturated/α-hetero) is 1. The Morgan fingerprint density at radius 1 is 1.12 bits per heavy atom. The molecule has 7 heteroatoms. The SMILES string of the molecule is CC(=O)Nc1ccc(C(=O)[C@H](C)OC(=O)c2c(C)noc2C(C)C)cc1. The largest absolute Gasteiger partial charge is 0.451 e. The molecule has 1 heterocycles. The molecule has 1 atom stereocenters. The van der Waals surface area contributed by atoms with Gasteiger partial charge in [-0.2, -0.15) is 0 Å². The molecule has 1 N–H and O–H groups in total. The van der Waals surface area contributed by atoms with Crippen molar-refractivity contribution in [3.63, 3.8) is 0 Å². The first kappa shape index (κ1) is 19.4. The molecule has 138 valence electrons. The summed E-state index contributed by atoms with van der Waals surface area (Å²) in [7, 11) is 0. The summed E-state index contributed by atoms with van der Waals surface area (Å²) in [6.45, 7) is 8.32. The number of nitrogens with zero attached hydrogens (tertiary/aromatic N) is 1. The van der Waals surface area contributed by atoms with Gasteiger partial charge in [-0.05, 0) is 38.1 Å². The number of nitrogens with one attached hydrogen (secondary N) is 1. The van der Waals surface area contributed by atoms with Crippen molar-refractivity contribution in [1.82, 2.24) is 5.16 Å². The molecular formula is C19H22N2O5. The number of benzene rings is 1. The van der Waals surface area contributed by atoms with E-state index in [1.165, 1.54) is 13.8 Å². The van der Waals surface area contributed by atoms with Crippen LogP contribution < -0.4 is 5.32 Å². The minimum Gasteiger partial charge on any atom is -0.451 e. The number of hydrogen-bond donors (Lipinski definition) is 1. The maximum absolute atomic E-state index is 12.5. The summed E-state index contributed by atoms with van der Waals surface area (Å²) in [6.07, 6.45) is -0.969. The van der Waals surface area contributed by atoms with E-state index in [4.69, 9.17) is 9.26 Å². The Hall–Kier alpha value is -2.96. The van der Waals surface area contributed by atoms with Gasteiger partial charge in [0.1, 0.15) is 5.56 Å². The Kier molecular flexibility index (Phi) is 5.92. The number of aromatic nitrogens is 1. The molecule has 1 aromatic carbocycles. The highest BCUT2D eigenvalue weighted by atomic mass is 16.5. The lowest BCUT2D eigenvalue weighted by Crippen LogP contribution is -2.25. The molecular weight excluding hydrogens is 336 g/mol. The number of esters is 1. The molecule has 0 spiro atoms. The molecule has 0 radical (unpaired) electrons. The maximum Gasteiger partial charge on any atom is 0.344 e. The van der Waals surface area contributed by atoms with Crippen LogP contribution in [0.2, 0.25) is 0 Å². The van der Waals surface area contributed by atoms with Crippen molar-refractivity contribution in [1.29, 1.82) is 0 Å². The Morgan fingerprint density at radius 3 is 2.27 bits per heavy atom. The molecule has 26 heavy (non-hydrogen) atoms. The second-order valence-electron chi connectivity index (χ2n) is 6.33. The highest BCUT2D eigenvalue weighted by molar-refractivity contribution is 6.02. The average molecular weight is 358 g/mol. The fraction of sp³-hybridized carbons (Fsp3) is 0.368. The van der Waals surface area contributed by atoms with E-state index in [-0.39, 0.29) is 23.2 Å². The fourth-order valence-electron chi connectivity index (χ4n) is 2.46. The molecule has 2 rings (SSSR count). The van der Waals surface area contributed by atoms with Gasteiger partial charge in [0, 0.05) is 24.1 Å². The van der Waals surface area contributed by atoms with Crippen molar-refractivity contribution in [3.8, 4) is 0 Å². The number of ketones is 1. The zero-order valence-electron chi connectivity index (χ0n) is 15.5. The first-order chi connectivity index (χ1) is 12.2. The van der Waals surface area contributed by atoms with Crippen LogP contribution in [-0.4, -0.2) is 28.9 Å². The Balaban J connectivity index is 2.10. The molecule has 0 saturated carbocycles. The number of rotatable bonds is 6. The van der Waals surface area contributed by atoms with Crippen molar-refractivity contribution in [2.75, 3.05) is 5.32 Å². The van der Waals surface area contributed by atoms with E-state index in [1.54, 1.807) is 31.2 Å². The van der Waals surface area contributed by atoms with Gasteiger partial charge < -0.3 is 14.6 Å². The third kappa shape index (κ3) is 4.36. The predicted molar refractivity (Wildman–Crippen MR) is 95.3 cm³/mol. The molecule has 0 saturated heterocycles. The van der Waals surface area contributed by atoms with E-state index < -0.39 is 12.1 Å². The summed E-state index contributed by atoms with van der Waals surface area (Å²) in [5, 5.41) is 6.43. The van der Waals surface area contributed by atoms with Crippen LogP contribution in [0, 0.1) is 6.92 Å². The van der Waals surface area contributed by atoms with Crippen LogP contribution in [0.4, 0.5) is 5.69 Å². The second-order valence-corrected chi connectivity index (χ2v) is 6.33. The number of hydrogen-bond acceptors (Lipinski definition) is 6. The topological polar surface area (TPSA) is 98.5 Å². The van der Waals surface area contributed by atoms with Crippen LogP contribution in [-0.2, 0) is 9.53 Å². The van der Waals surface area contributed by atoms with Crippen LogP contribution in [0.5, 0.6) is 0 Å². The van der Waals surface area contributed by atoms with E-state index >= 15 is 0 Å². The van der Waals surface area contributed by atoms with Crippen LogP contribution in [0.25, 0.3) is 0 Å². The number of amides is 1. The number of ether oxygens (including phenoxy) is 1. The lowest BCUT2D eigenvalue weighted by molar-refractivity contribution is -0.114. The van der Waals surface area contributed by atoms with E-state index in [0.717, 1.165) is 0 Å². The molecule has 0 unspecified atom stereocenters. The van der Waals surface area contributed by atoms with E-state index in [1.807, 2.05) is 13.8 Å². The molecule has 7 nitrogen and oxygen atoms in total. The summed E-state index contributed by atoms with van der Waals surface area (Å²) in [4.78, 5) is 36.0. The van der Waals surface area contributed by atoms with E-state index in [0.29, 0.717) is 22.7 Å². The van der Waals surface area contributed by atoms with Gasteiger partial charge in [-0.1, -0.05) is 19.0 Å². The van der Waals surface area contributed by atoms with Gasteiger partial charge in [-0.25, -0.2) is 4.79 Å². The van der Waals surface area contributed by atoms with Crippen molar-refractivity contribution in [2.45, 2.75) is 46.6 Å². The molecule has 0 aliphatic heterocycles. The summed E-state index contributed by atoms with van der Waals surface area (Å²) in [5.41, 5.74) is 1.66. The van der Waals surface area contributed by atoms with Gasteiger partial charge in [0.05, 0.1) is 5.69 Å². The Morgan fingerprint density at radius 2 is 1.73 bits per heavy atom. The first-order valence-corrected chi connectivity index (χ1v) is 8.29. The normalized spacial score (nSPS) is 11.9. The van der Waals surface area contributed by atoms with Crippen molar-refractivity contribution in [3.05, 3.63) is 46.8 Å². The van der Waals surface area contributed by atoms with Gasteiger partial charge >= 0.3 is 5.97 Å². The van der Waals surface area contributed by atoms with Crippen molar-refractivity contribution < 1.29 is 23.6 Å². The molecule has 1 aromatic heterocycles. The predicted octanol–water partition coefficient (Wildman–Crippen LogP) is 3.49. The number of aryl methyl sites for hydroxylation is 1. The molecule has 0 aliphatic carbocycles. The van der Waals surface area contributed by atoms with Gasteiger partial charge in [-0.15, -0.1) is 0 Å². The Labute approximate surface area is 151 Å². The average Bonchev–Trinajstić information content (AvgIpc) is 2.96.